The van der Waals surface area contributed by atoms with Gasteiger partial charge in [-0.05, 0) is 16.7 Å². The molecule has 1 aliphatic rings. The fourth-order valence-corrected chi connectivity index (χ4v) is 3.87. The zero-order chi connectivity index (χ0) is 26.8. The number of nitrogens with zero attached hydrogens (tertiary/aromatic N) is 3. The highest BCUT2D eigenvalue weighted by atomic mass is 35.6. The highest BCUT2D eigenvalue weighted by molar-refractivity contribution is 6.76. The molecule has 1 saturated heterocycles. The Hall–Kier alpha value is -2.56. The number of azide groups is 1. The molecule has 0 radical (unpaired) electrons. The third kappa shape index (κ3) is 8.76. The smallest absolute Gasteiger partial charge is 0.302 e. The van der Waals surface area contributed by atoms with E-state index in [1.165, 1.54) is 6.92 Å². The van der Waals surface area contributed by atoms with E-state index >= 15 is 0 Å². The van der Waals surface area contributed by atoms with Gasteiger partial charge >= 0.3 is 5.97 Å². The highest BCUT2D eigenvalue weighted by Gasteiger charge is 2.49. The summed E-state index contributed by atoms with van der Waals surface area (Å²) in [6, 6.07) is 17.5. The predicted octanol–water partition coefficient (Wildman–Crippen LogP) is 4.61. The van der Waals surface area contributed by atoms with Gasteiger partial charge in [-0.3, -0.25) is 9.59 Å². The van der Waals surface area contributed by atoms with E-state index < -0.39 is 46.3 Å². The summed E-state index contributed by atoms with van der Waals surface area (Å²) >= 11 is 17.2. The number of alkyl halides is 3. The van der Waals surface area contributed by atoms with Gasteiger partial charge in [0.25, 0.3) is 9.70 Å². The van der Waals surface area contributed by atoms with Gasteiger partial charge in [0.15, 0.2) is 0 Å². The van der Waals surface area contributed by atoms with Crippen molar-refractivity contribution in [2.75, 3.05) is 6.61 Å². The van der Waals surface area contributed by atoms with Crippen LogP contribution in [0.5, 0.6) is 0 Å². The van der Waals surface area contributed by atoms with Crippen LogP contribution in [0, 0.1) is 0 Å². The van der Waals surface area contributed by atoms with Crippen molar-refractivity contribution in [3.8, 4) is 0 Å². The van der Waals surface area contributed by atoms with E-state index in [0.717, 1.165) is 11.1 Å². The van der Waals surface area contributed by atoms with Crippen molar-refractivity contribution in [1.29, 1.82) is 0 Å². The van der Waals surface area contributed by atoms with E-state index in [9.17, 15) is 15.1 Å². The van der Waals surface area contributed by atoms with Gasteiger partial charge in [0.05, 0.1) is 19.3 Å². The lowest BCUT2D eigenvalue weighted by Crippen LogP contribution is -2.64. The molecule has 0 saturated carbocycles. The molecule has 2 aromatic rings. The molecule has 2 aromatic carbocycles. The van der Waals surface area contributed by atoms with E-state index in [4.69, 9.17) is 53.8 Å². The molecule has 1 aliphatic heterocycles. The van der Waals surface area contributed by atoms with Crippen molar-refractivity contribution in [2.45, 2.75) is 54.5 Å². The lowest BCUT2D eigenvalue weighted by molar-refractivity contribution is -0.231. The Labute approximate surface area is 228 Å². The fourth-order valence-electron chi connectivity index (χ4n) is 3.70. The molecule has 0 unspecified atom stereocenters. The molecule has 10 nitrogen and oxygen atoms in total. The topological polar surface area (TPSA) is 132 Å². The molecule has 0 bridgehead atoms. The number of halogens is 3. The molecule has 5 atom stereocenters. The Morgan fingerprint density at radius 2 is 1.54 bits per heavy atom. The van der Waals surface area contributed by atoms with Gasteiger partial charge in [-0.25, -0.2) is 0 Å². The molecule has 37 heavy (non-hydrogen) atoms. The zero-order valence-electron chi connectivity index (χ0n) is 19.7. The van der Waals surface area contributed by atoms with Crippen LogP contribution in [0.15, 0.2) is 65.8 Å². The number of rotatable bonds is 10. The lowest BCUT2D eigenvalue weighted by atomic mass is 9.95. The first kappa shape index (κ1) is 29.0. The molecule has 1 amide bonds. The SMILES string of the molecule is CC(=O)OC[C@H]1O[C@H](NC(=O)C(Cl)(Cl)Cl)[C@H](N=[N+]=[N-])[C@@H](OCc2ccccc2)[C@@H]1OCc1ccccc1. The maximum atomic E-state index is 12.5. The van der Waals surface area contributed by atoms with Crippen molar-refractivity contribution < 1.29 is 28.5 Å². The molecule has 1 heterocycles. The molecule has 1 fully saturated rings. The Balaban J connectivity index is 1.95. The second-order valence-corrected chi connectivity index (χ2v) is 10.4. The van der Waals surface area contributed by atoms with Crippen LogP contribution >= 0.6 is 34.8 Å². The molecular formula is C24H25Cl3N4O6. The largest absolute Gasteiger partial charge is 0.463 e. The zero-order valence-corrected chi connectivity index (χ0v) is 22.0. The monoisotopic (exact) mass is 570 g/mol. The number of hydrogen-bond acceptors (Lipinski definition) is 7. The third-order valence-electron chi connectivity index (χ3n) is 5.40. The van der Waals surface area contributed by atoms with Crippen molar-refractivity contribution >= 4 is 46.7 Å². The predicted molar refractivity (Wildman–Crippen MR) is 137 cm³/mol. The van der Waals surface area contributed by atoms with Gasteiger partial charge in [-0.15, -0.1) is 0 Å². The van der Waals surface area contributed by atoms with E-state index in [0.29, 0.717) is 0 Å². The van der Waals surface area contributed by atoms with E-state index in [1.54, 1.807) is 0 Å². The van der Waals surface area contributed by atoms with Crippen LogP contribution in [-0.2, 0) is 41.8 Å². The van der Waals surface area contributed by atoms with Crippen molar-refractivity contribution in [1.82, 2.24) is 5.32 Å². The average molecular weight is 572 g/mol. The fraction of sp³-hybridized carbons (Fsp3) is 0.417. The van der Waals surface area contributed by atoms with Crippen LogP contribution in [0.25, 0.3) is 10.4 Å². The van der Waals surface area contributed by atoms with E-state index in [1.807, 2.05) is 60.7 Å². The number of hydrogen-bond donors (Lipinski definition) is 1. The summed E-state index contributed by atoms with van der Waals surface area (Å²) in [4.78, 5) is 26.9. The van der Waals surface area contributed by atoms with E-state index in [-0.39, 0.29) is 19.8 Å². The minimum atomic E-state index is -2.31. The van der Waals surface area contributed by atoms with Crippen LogP contribution < -0.4 is 5.32 Å². The van der Waals surface area contributed by atoms with Gasteiger partial charge in [-0.2, -0.15) is 0 Å². The third-order valence-corrected chi connectivity index (χ3v) is 5.91. The van der Waals surface area contributed by atoms with Gasteiger partial charge < -0.3 is 24.3 Å². The number of benzene rings is 2. The first-order valence-electron chi connectivity index (χ1n) is 11.2. The lowest BCUT2D eigenvalue weighted by Gasteiger charge is -2.45. The second-order valence-electron chi connectivity index (χ2n) is 8.09. The first-order valence-corrected chi connectivity index (χ1v) is 12.3. The molecule has 198 valence electrons. The Kier molecular flexibility index (Phi) is 10.8. The second kappa shape index (κ2) is 13.8. The standard InChI is InChI=1S/C24H25Cl3N4O6/c1-15(32)34-14-18-20(35-12-16-8-4-2-5-9-16)21(36-13-17-10-6-3-7-11-17)19(30-31-28)22(37-18)29-23(33)24(25,26)27/h2-11,18-22H,12-14H2,1H3,(H,29,33)/t18-,19-,20-,21-,22+/m1/s1. The van der Waals surface area contributed by atoms with Gasteiger partial charge in [0, 0.05) is 11.8 Å². The van der Waals surface area contributed by atoms with Gasteiger partial charge in [-0.1, -0.05) is 101 Å². The van der Waals surface area contributed by atoms with Crippen molar-refractivity contribution in [2.24, 2.45) is 5.11 Å². The Morgan fingerprint density at radius 3 is 2.03 bits per heavy atom. The van der Waals surface area contributed by atoms with Crippen LogP contribution in [-0.4, -0.2) is 52.9 Å². The Bertz CT molecular complexity index is 1080. The summed E-state index contributed by atoms with van der Waals surface area (Å²) in [5.74, 6) is -1.55. The summed E-state index contributed by atoms with van der Waals surface area (Å²) in [5.41, 5.74) is 11.0. The Morgan fingerprint density at radius 1 is 1.00 bits per heavy atom. The minimum Gasteiger partial charge on any atom is -0.463 e. The number of ether oxygens (including phenoxy) is 4. The van der Waals surface area contributed by atoms with Crippen molar-refractivity contribution in [3.05, 3.63) is 82.2 Å². The van der Waals surface area contributed by atoms with Crippen LogP contribution in [0.3, 0.4) is 0 Å². The molecule has 0 spiro atoms. The van der Waals surface area contributed by atoms with Gasteiger partial charge in [0.2, 0.25) is 0 Å². The average Bonchev–Trinajstić information content (AvgIpc) is 2.87. The maximum absolute atomic E-state index is 12.5. The van der Waals surface area contributed by atoms with Crippen LogP contribution in [0.4, 0.5) is 0 Å². The maximum Gasteiger partial charge on any atom is 0.302 e. The highest BCUT2D eigenvalue weighted by Crippen LogP contribution is 2.31. The molecule has 13 heteroatoms. The number of amides is 1. The molecule has 0 aliphatic carbocycles. The summed E-state index contributed by atoms with van der Waals surface area (Å²) in [6.07, 6.45) is -4.04. The number of carbonyl (C=O) groups excluding carboxylic acids is 2. The molecule has 1 N–H and O–H groups in total. The summed E-state index contributed by atoms with van der Waals surface area (Å²) in [6.45, 7) is 1.30. The molecular weight excluding hydrogens is 547 g/mol. The van der Waals surface area contributed by atoms with Crippen LogP contribution in [0.2, 0.25) is 0 Å². The number of nitrogens with one attached hydrogen (secondary N) is 1. The molecule has 0 aromatic heterocycles. The first-order chi connectivity index (χ1) is 17.7. The van der Waals surface area contributed by atoms with Crippen molar-refractivity contribution in [3.63, 3.8) is 0 Å². The quantitative estimate of drug-likeness (QED) is 0.146. The summed E-state index contributed by atoms with van der Waals surface area (Å²) in [7, 11) is 0. The van der Waals surface area contributed by atoms with E-state index in [2.05, 4.69) is 15.3 Å². The summed E-state index contributed by atoms with van der Waals surface area (Å²) < 4.78 is 21.3. The number of esters is 1. The number of carbonyl (C=O) groups is 2. The van der Waals surface area contributed by atoms with Crippen LogP contribution in [0.1, 0.15) is 18.1 Å². The summed E-state index contributed by atoms with van der Waals surface area (Å²) in [5, 5.41) is 6.26. The normalized spacial score (nSPS) is 23.5. The van der Waals surface area contributed by atoms with Gasteiger partial charge in [0.1, 0.15) is 31.1 Å². The minimum absolute atomic E-state index is 0.125. The molecule has 3 rings (SSSR count).